The molecular weight excluding hydrogens is 236 g/mol. The molecule has 88 valence electrons. The van der Waals surface area contributed by atoms with Crippen LogP contribution >= 0.6 is 0 Å². The Bertz CT molecular complexity index is 604. The molecule has 0 aliphatic heterocycles. The molecule has 17 heavy (non-hydrogen) atoms. The molecule has 0 radical (unpaired) electrons. The second kappa shape index (κ2) is 4.69. The average Bonchev–Trinajstić information content (AvgIpc) is 2.30. The normalized spacial score (nSPS) is 11.4. The minimum atomic E-state index is -4.40. The summed E-state index contributed by atoms with van der Waals surface area (Å²) in [6.07, 6.45) is 0.443. The molecule has 0 spiro atoms. The van der Waals surface area contributed by atoms with Crippen LogP contribution in [0.4, 0.5) is 0 Å². The molecule has 0 aromatic heterocycles. The van der Waals surface area contributed by atoms with E-state index in [1.807, 2.05) is 30.3 Å². The van der Waals surface area contributed by atoms with Crippen molar-refractivity contribution in [2.75, 3.05) is 0 Å². The third-order valence-corrected chi connectivity index (χ3v) is 3.42. The second-order valence-electron chi connectivity index (χ2n) is 3.72. The molecule has 0 N–H and O–H groups in total. The van der Waals surface area contributed by atoms with Gasteiger partial charge in [0.05, 0.1) is 4.90 Å². The lowest BCUT2D eigenvalue weighted by Crippen LogP contribution is -2.03. The zero-order valence-corrected chi connectivity index (χ0v) is 9.85. The van der Waals surface area contributed by atoms with Crippen LogP contribution in [0.2, 0.25) is 0 Å². The van der Waals surface area contributed by atoms with Crippen molar-refractivity contribution in [3.8, 4) is 0 Å². The van der Waals surface area contributed by atoms with Gasteiger partial charge in [0.2, 0.25) is 0 Å². The molecule has 0 heterocycles. The molecule has 0 aliphatic rings. The van der Waals surface area contributed by atoms with Gasteiger partial charge in [-0.05, 0) is 23.6 Å². The van der Waals surface area contributed by atoms with E-state index in [1.54, 1.807) is 18.2 Å². The molecule has 4 heteroatoms. The van der Waals surface area contributed by atoms with Gasteiger partial charge in [0.15, 0.2) is 0 Å². The maximum atomic E-state index is 11.1. The molecule has 2 aromatic rings. The van der Waals surface area contributed by atoms with Crippen LogP contribution in [0.15, 0.2) is 59.5 Å². The molecule has 0 fully saturated rings. The van der Waals surface area contributed by atoms with Gasteiger partial charge in [0.1, 0.15) is 10.1 Å². The first-order valence-corrected chi connectivity index (χ1v) is 6.56. The lowest BCUT2D eigenvalue weighted by atomic mass is 10.1. The highest BCUT2D eigenvalue weighted by atomic mass is 32.2. The van der Waals surface area contributed by atoms with E-state index in [0.717, 1.165) is 5.56 Å². The van der Waals surface area contributed by atoms with Gasteiger partial charge in [-0.25, -0.2) is 8.42 Å². The van der Waals surface area contributed by atoms with Crippen LogP contribution in [0.5, 0.6) is 0 Å². The van der Waals surface area contributed by atoms with Crippen LogP contribution in [-0.2, 0) is 16.5 Å². The Kier molecular flexibility index (Phi) is 3.26. The lowest BCUT2D eigenvalue weighted by Gasteiger charge is -2.12. The molecule has 0 bridgehead atoms. The van der Waals surface area contributed by atoms with E-state index in [9.17, 15) is 13.0 Å². The fourth-order valence-corrected chi connectivity index (χ4v) is 2.42. The summed E-state index contributed by atoms with van der Waals surface area (Å²) in [5.41, 5.74) is 1.51. The number of hydrogen-bond acceptors (Lipinski definition) is 3. The van der Waals surface area contributed by atoms with Crippen molar-refractivity contribution in [2.45, 2.75) is 11.3 Å². The van der Waals surface area contributed by atoms with Gasteiger partial charge in [0, 0.05) is 0 Å². The molecule has 0 aliphatic carbocycles. The Morgan fingerprint density at radius 2 is 1.47 bits per heavy atom. The molecule has 0 amide bonds. The van der Waals surface area contributed by atoms with Crippen molar-refractivity contribution in [1.29, 1.82) is 0 Å². The summed E-state index contributed by atoms with van der Waals surface area (Å²) < 4.78 is 33.3. The van der Waals surface area contributed by atoms with Crippen molar-refractivity contribution in [3.05, 3.63) is 65.7 Å². The zero-order chi connectivity index (χ0) is 12.3. The SMILES string of the molecule is O=S(=O)([O-])c1ccccc1Cc1ccccc1. The Morgan fingerprint density at radius 3 is 2.12 bits per heavy atom. The molecule has 3 nitrogen and oxygen atoms in total. The Labute approximate surface area is 100 Å². The number of rotatable bonds is 3. The van der Waals surface area contributed by atoms with E-state index < -0.39 is 10.1 Å². The van der Waals surface area contributed by atoms with Gasteiger partial charge >= 0.3 is 0 Å². The molecule has 0 saturated carbocycles. The average molecular weight is 247 g/mol. The molecular formula is C13H11O3S-. The fourth-order valence-electron chi connectivity index (χ4n) is 1.71. The van der Waals surface area contributed by atoms with Crippen molar-refractivity contribution in [3.63, 3.8) is 0 Å². The smallest absolute Gasteiger partial charge is 0.124 e. The van der Waals surface area contributed by atoms with Crippen LogP contribution in [0, 0.1) is 0 Å². The highest BCUT2D eigenvalue weighted by Gasteiger charge is 2.08. The summed E-state index contributed by atoms with van der Waals surface area (Å²) in [7, 11) is -4.40. The third kappa shape index (κ3) is 2.93. The van der Waals surface area contributed by atoms with Gasteiger partial charge in [-0.2, -0.15) is 0 Å². The fraction of sp³-hybridized carbons (Fsp3) is 0.0769. The van der Waals surface area contributed by atoms with E-state index in [0.29, 0.717) is 12.0 Å². The first-order valence-electron chi connectivity index (χ1n) is 5.15. The van der Waals surface area contributed by atoms with Gasteiger partial charge in [0.25, 0.3) is 0 Å². The van der Waals surface area contributed by atoms with E-state index in [4.69, 9.17) is 0 Å². The summed E-state index contributed by atoms with van der Waals surface area (Å²) in [6.45, 7) is 0. The summed E-state index contributed by atoms with van der Waals surface area (Å²) in [4.78, 5) is -0.135. The largest absolute Gasteiger partial charge is 0.744 e. The lowest BCUT2D eigenvalue weighted by molar-refractivity contribution is 0.462. The molecule has 0 saturated heterocycles. The van der Waals surface area contributed by atoms with Crippen molar-refractivity contribution in [1.82, 2.24) is 0 Å². The predicted molar refractivity (Wildman–Crippen MR) is 63.7 cm³/mol. The monoisotopic (exact) mass is 247 g/mol. The van der Waals surface area contributed by atoms with Gasteiger partial charge in [-0.1, -0.05) is 48.5 Å². The molecule has 0 atom stereocenters. The van der Waals surface area contributed by atoms with Crippen molar-refractivity contribution in [2.24, 2.45) is 0 Å². The quantitative estimate of drug-likeness (QED) is 0.781. The summed E-state index contributed by atoms with van der Waals surface area (Å²) in [6, 6.07) is 15.7. The molecule has 2 rings (SSSR count). The zero-order valence-electron chi connectivity index (χ0n) is 9.04. The van der Waals surface area contributed by atoms with Crippen LogP contribution in [0.3, 0.4) is 0 Å². The third-order valence-electron chi connectivity index (χ3n) is 2.48. The van der Waals surface area contributed by atoms with Gasteiger partial charge < -0.3 is 4.55 Å². The van der Waals surface area contributed by atoms with E-state index in [2.05, 4.69) is 0 Å². The van der Waals surface area contributed by atoms with Crippen LogP contribution in [0.25, 0.3) is 0 Å². The number of benzene rings is 2. The van der Waals surface area contributed by atoms with Crippen LogP contribution in [-0.4, -0.2) is 13.0 Å². The maximum absolute atomic E-state index is 11.1. The highest BCUT2D eigenvalue weighted by Crippen LogP contribution is 2.18. The van der Waals surface area contributed by atoms with Crippen LogP contribution in [0.1, 0.15) is 11.1 Å². The van der Waals surface area contributed by atoms with Gasteiger partial charge in [-0.15, -0.1) is 0 Å². The minimum Gasteiger partial charge on any atom is -0.744 e. The Morgan fingerprint density at radius 1 is 0.882 bits per heavy atom. The van der Waals surface area contributed by atoms with E-state index in [1.165, 1.54) is 6.07 Å². The Balaban J connectivity index is 2.41. The molecule has 0 unspecified atom stereocenters. The van der Waals surface area contributed by atoms with Crippen molar-refractivity contribution < 1.29 is 13.0 Å². The first kappa shape index (κ1) is 11.8. The highest BCUT2D eigenvalue weighted by molar-refractivity contribution is 7.85. The first-order chi connectivity index (χ1) is 8.07. The summed E-state index contributed by atoms with van der Waals surface area (Å²) in [5, 5.41) is 0. The Hall–Kier alpha value is -1.65. The van der Waals surface area contributed by atoms with Crippen LogP contribution < -0.4 is 0 Å². The molecule has 2 aromatic carbocycles. The van der Waals surface area contributed by atoms with E-state index in [-0.39, 0.29) is 4.90 Å². The van der Waals surface area contributed by atoms with E-state index >= 15 is 0 Å². The maximum Gasteiger partial charge on any atom is 0.124 e. The standard InChI is InChI=1S/C13H12O3S/c14-17(15,16)13-9-5-4-8-12(13)10-11-6-2-1-3-7-11/h1-9H,10H2,(H,14,15,16)/p-1. The van der Waals surface area contributed by atoms with Crippen molar-refractivity contribution >= 4 is 10.1 Å². The summed E-state index contributed by atoms with van der Waals surface area (Å²) >= 11 is 0. The van der Waals surface area contributed by atoms with Gasteiger partial charge in [-0.3, -0.25) is 0 Å². The minimum absolute atomic E-state index is 0.135. The topological polar surface area (TPSA) is 57.2 Å². The second-order valence-corrected chi connectivity index (χ2v) is 5.07. The predicted octanol–water partition coefficient (Wildman–Crippen LogP) is 2.18. The summed E-state index contributed by atoms with van der Waals surface area (Å²) in [5.74, 6) is 0. The number of hydrogen-bond donors (Lipinski definition) is 0.